The van der Waals surface area contributed by atoms with Crippen molar-refractivity contribution in [1.29, 1.82) is 0 Å². The second-order valence-electron chi connectivity index (χ2n) is 5.58. The van der Waals surface area contributed by atoms with Crippen LogP contribution in [0.5, 0.6) is 0 Å². The van der Waals surface area contributed by atoms with Gasteiger partial charge in [-0.05, 0) is 38.1 Å². The number of alkyl halides is 2. The third-order valence-corrected chi connectivity index (χ3v) is 5.32. The Morgan fingerprint density at radius 2 is 2.00 bits per heavy atom. The molecule has 1 N–H and O–H groups in total. The van der Waals surface area contributed by atoms with Crippen LogP contribution in [0.15, 0.2) is 29.2 Å². The molecule has 0 amide bonds. The Morgan fingerprint density at radius 3 is 2.62 bits per heavy atom. The van der Waals surface area contributed by atoms with Crippen molar-refractivity contribution >= 4 is 15.5 Å². The summed E-state index contributed by atoms with van der Waals surface area (Å²) in [6, 6.07) is 5.95. The fourth-order valence-electron chi connectivity index (χ4n) is 2.70. The van der Waals surface area contributed by atoms with Crippen molar-refractivity contribution in [1.82, 2.24) is 4.90 Å². The third kappa shape index (κ3) is 3.52. The molecule has 1 aromatic carbocycles. The Hall–Kier alpha value is -1.21. The first-order valence-electron chi connectivity index (χ1n) is 6.88. The van der Waals surface area contributed by atoms with Gasteiger partial charge in [-0.25, -0.2) is 8.42 Å². The smallest absolute Gasteiger partial charge is 0.341 e. The molecule has 0 aromatic heterocycles. The molecule has 0 bridgehead atoms. The highest BCUT2D eigenvalue weighted by molar-refractivity contribution is 7.91. The molecule has 2 rings (SSSR count). The van der Waals surface area contributed by atoms with Crippen LogP contribution in [0.1, 0.15) is 13.3 Å². The summed E-state index contributed by atoms with van der Waals surface area (Å²) < 4.78 is 49.0. The molecule has 0 saturated carbocycles. The molecule has 118 valence electrons. The van der Waals surface area contributed by atoms with E-state index in [2.05, 4.69) is 17.1 Å². The number of hydrogen-bond donors (Lipinski definition) is 1. The molecule has 1 aliphatic heterocycles. The molecule has 1 aliphatic rings. The minimum Gasteiger partial charge on any atom is -0.381 e. The van der Waals surface area contributed by atoms with Crippen molar-refractivity contribution in [3.05, 3.63) is 24.3 Å². The normalized spacial score (nSPS) is 24.2. The molecule has 1 fully saturated rings. The van der Waals surface area contributed by atoms with Gasteiger partial charge in [-0.15, -0.1) is 0 Å². The molecule has 1 heterocycles. The summed E-state index contributed by atoms with van der Waals surface area (Å²) in [5, 5.41) is 3.14. The number of nitrogens with zero attached hydrogens (tertiary/aromatic N) is 1. The highest BCUT2D eigenvalue weighted by Crippen LogP contribution is 2.29. The van der Waals surface area contributed by atoms with Crippen molar-refractivity contribution in [3.8, 4) is 0 Å². The molecule has 7 heteroatoms. The number of rotatable bonds is 4. The molecular formula is C14H20F2N2O2S. The maximum absolute atomic E-state index is 12.8. The lowest BCUT2D eigenvalue weighted by Crippen LogP contribution is -2.43. The van der Waals surface area contributed by atoms with Crippen LogP contribution in [0.3, 0.4) is 0 Å². The lowest BCUT2D eigenvalue weighted by molar-refractivity contribution is 0.206. The van der Waals surface area contributed by atoms with E-state index >= 15 is 0 Å². The van der Waals surface area contributed by atoms with Gasteiger partial charge in [-0.2, -0.15) is 8.78 Å². The van der Waals surface area contributed by atoms with Gasteiger partial charge in [0.25, 0.3) is 0 Å². The molecule has 0 radical (unpaired) electrons. The molecule has 1 saturated heterocycles. The van der Waals surface area contributed by atoms with Crippen LogP contribution in [0, 0.1) is 5.92 Å². The summed E-state index contributed by atoms with van der Waals surface area (Å²) in [7, 11) is -2.56. The van der Waals surface area contributed by atoms with Gasteiger partial charge >= 0.3 is 5.76 Å². The van der Waals surface area contributed by atoms with Crippen molar-refractivity contribution in [3.63, 3.8) is 0 Å². The Morgan fingerprint density at radius 1 is 1.33 bits per heavy atom. The maximum Gasteiger partial charge on any atom is 0.341 e. The molecule has 4 nitrogen and oxygen atoms in total. The number of benzene rings is 1. The van der Waals surface area contributed by atoms with E-state index in [1.807, 2.05) is 7.05 Å². The van der Waals surface area contributed by atoms with E-state index in [0.717, 1.165) is 19.5 Å². The largest absolute Gasteiger partial charge is 0.381 e. The van der Waals surface area contributed by atoms with Crippen LogP contribution in [0.2, 0.25) is 0 Å². The fraction of sp³-hybridized carbons (Fsp3) is 0.571. The van der Waals surface area contributed by atoms with Crippen molar-refractivity contribution < 1.29 is 17.2 Å². The SMILES string of the molecule is CC1CN(C)CCC1Nc1ccccc1S(=O)(=O)C(F)F. The Bertz CT molecular complexity index is 592. The predicted molar refractivity (Wildman–Crippen MR) is 78.3 cm³/mol. The lowest BCUT2D eigenvalue weighted by Gasteiger charge is -2.36. The lowest BCUT2D eigenvalue weighted by atomic mass is 9.94. The summed E-state index contributed by atoms with van der Waals surface area (Å²) in [5.41, 5.74) is 0.263. The van der Waals surface area contributed by atoms with E-state index < -0.39 is 15.6 Å². The first-order chi connectivity index (χ1) is 9.82. The average Bonchev–Trinajstić information content (AvgIpc) is 2.42. The van der Waals surface area contributed by atoms with Crippen molar-refractivity contribution in [2.75, 3.05) is 25.5 Å². The van der Waals surface area contributed by atoms with Gasteiger partial charge in [0.1, 0.15) is 0 Å². The zero-order valence-corrected chi connectivity index (χ0v) is 12.9. The Balaban J connectivity index is 2.26. The number of piperidine rings is 1. The van der Waals surface area contributed by atoms with Gasteiger partial charge in [0.2, 0.25) is 9.84 Å². The first-order valence-corrected chi connectivity index (χ1v) is 8.43. The second kappa shape index (κ2) is 6.27. The molecule has 21 heavy (non-hydrogen) atoms. The van der Waals surface area contributed by atoms with Crippen molar-refractivity contribution in [2.24, 2.45) is 5.92 Å². The molecular weight excluding hydrogens is 298 g/mol. The summed E-state index contributed by atoms with van der Waals surface area (Å²) in [6.45, 7) is 3.85. The van der Waals surface area contributed by atoms with Crippen LogP contribution in [0.4, 0.5) is 14.5 Å². The van der Waals surface area contributed by atoms with Gasteiger partial charge in [0.05, 0.1) is 10.6 Å². The summed E-state index contributed by atoms with van der Waals surface area (Å²) >= 11 is 0. The minimum atomic E-state index is -4.59. The number of para-hydroxylation sites is 1. The molecule has 0 spiro atoms. The maximum atomic E-state index is 12.8. The zero-order valence-electron chi connectivity index (χ0n) is 12.1. The number of hydrogen-bond acceptors (Lipinski definition) is 4. The van der Waals surface area contributed by atoms with E-state index in [0.29, 0.717) is 5.92 Å². The molecule has 2 unspecified atom stereocenters. The fourth-order valence-corrected chi connectivity index (χ4v) is 3.59. The number of sulfone groups is 1. The van der Waals surface area contributed by atoms with E-state index in [1.165, 1.54) is 12.1 Å². The van der Waals surface area contributed by atoms with Crippen LogP contribution in [0.25, 0.3) is 0 Å². The van der Waals surface area contributed by atoms with Crippen molar-refractivity contribution in [2.45, 2.75) is 30.0 Å². The van der Waals surface area contributed by atoms with Gasteiger partial charge in [-0.1, -0.05) is 19.1 Å². The number of anilines is 1. The minimum absolute atomic E-state index is 0.0789. The van der Waals surface area contributed by atoms with E-state index in [9.17, 15) is 17.2 Å². The molecule has 0 aliphatic carbocycles. The van der Waals surface area contributed by atoms with E-state index in [1.54, 1.807) is 12.1 Å². The first kappa shape index (κ1) is 16.2. The standard InChI is InChI=1S/C14H20F2N2O2S/c1-10-9-18(2)8-7-11(10)17-12-5-3-4-6-13(12)21(19,20)14(15)16/h3-6,10-11,14,17H,7-9H2,1-2H3. The topological polar surface area (TPSA) is 49.4 Å². The second-order valence-corrected chi connectivity index (χ2v) is 7.47. The summed E-state index contributed by atoms with van der Waals surface area (Å²) in [6.07, 6.45) is 0.848. The quantitative estimate of drug-likeness (QED) is 0.926. The van der Waals surface area contributed by atoms with Crippen LogP contribution in [-0.2, 0) is 9.84 Å². The molecule has 1 aromatic rings. The summed E-state index contributed by atoms with van der Waals surface area (Å²) in [4.78, 5) is 1.87. The number of nitrogens with one attached hydrogen (secondary N) is 1. The number of likely N-dealkylation sites (tertiary alicyclic amines) is 1. The molecule has 2 atom stereocenters. The Labute approximate surface area is 124 Å². The van der Waals surface area contributed by atoms with Gasteiger partial charge in [0, 0.05) is 12.6 Å². The predicted octanol–water partition coefficient (Wildman–Crippen LogP) is 2.44. The van der Waals surface area contributed by atoms with E-state index in [4.69, 9.17) is 0 Å². The van der Waals surface area contributed by atoms with Crippen LogP contribution >= 0.6 is 0 Å². The third-order valence-electron chi connectivity index (χ3n) is 3.88. The average molecular weight is 318 g/mol. The van der Waals surface area contributed by atoms with Crippen LogP contribution in [-0.4, -0.2) is 45.3 Å². The highest BCUT2D eigenvalue weighted by Gasteiger charge is 2.31. The van der Waals surface area contributed by atoms with Gasteiger partial charge < -0.3 is 10.2 Å². The van der Waals surface area contributed by atoms with Gasteiger partial charge in [-0.3, -0.25) is 0 Å². The number of halogens is 2. The Kier molecular flexibility index (Phi) is 4.83. The van der Waals surface area contributed by atoms with E-state index in [-0.39, 0.29) is 16.6 Å². The highest BCUT2D eigenvalue weighted by atomic mass is 32.2. The summed E-state index contributed by atoms with van der Waals surface area (Å²) in [5.74, 6) is -3.10. The van der Waals surface area contributed by atoms with Gasteiger partial charge in [0.15, 0.2) is 0 Å². The zero-order chi connectivity index (χ0) is 15.6. The monoisotopic (exact) mass is 318 g/mol. The van der Waals surface area contributed by atoms with Crippen LogP contribution < -0.4 is 5.32 Å².